The number of amides is 1. The summed E-state index contributed by atoms with van der Waals surface area (Å²) in [5.41, 5.74) is 0. The van der Waals surface area contributed by atoms with Crippen LogP contribution < -0.4 is 5.32 Å². The Hall–Kier alpha value is -1.45. The second-order valence-electron chi connectivity index (χ2n) is 7.43. The number of piperazine rings is 1. The van der Waals surface area contributed by atoms with Crippen LogP contribution in [0.15, 0.2) is 10.6 Å². The first-order valence-electron chi connectivity index (χ1n) is 10.3. The molecular formula is C19H34N4O4S. The molecule has 0 spiro atoms. The molecule has 1 aromatic rings. The third kappa shape index (κ3) is 6.56. The number of aryl methyl sites for hydroxylation is 1. The Morgan fingerprint density at radius 3 is 2.43 bits per heavy atom. The number of nitrogens with zero attached hydrogens (tertiary/aromatic N) is 3. The lowest BCUT2D eigenvalue weighted by atomic mass is 10.1. The van der Waals surface area contributed by atoms with Crippen molar-refractivity contribution in [3.63, 3.8) is 0 Å². The molecule has 2 rings (SSSR count). The van der Waals surface area contributed by atoms with Gasteiger partial charge in [-0.3, -0.25) is 9.69 Å². The summed E-state index contributed by atoms with van der Waals surface area (Å²) in [5, 5.41) is 6.66. The number of sulfonamides is 1. The Balaban J connectivity index is 1.95. The van der Waals surface area contributed by atoms with Crippen LogP contribution in [0.1, 0.15) is 58.1 Å². The molecule has 2 heterocycles. The fourth-order valence-electron chi connectivity index (χ4n) is 3.47. The fourth-order valence-corrected chi connectivity index (χ4v) is 5.02. The summed E-state index contributed by atoms with van der Waals surface area (Å²) in [6.07, 6.45) is 5.31. The molecule has 0 bridgehead atoms. The average Bonchev–Trinajstić information content (AvgIpc) is 3.07. The van der Waals surface area contributed by atoms with Crippen LogP contribution in [0, 0.1) is 6.92 Å². The second kappa shape index (κ2) is 10.9. The number of carbonyl (C=O) groups excluding carboxylic acids is 1. The zero-order chi connectivity index (χ0) is 20.6. The van der Waals surface area contributed by atoms with E-state index < -0.39 is 10.0 Å². The van der Waals surface area contributed by atoms with Crippen LogP contribution >= 0.6 is 0 Å². The van der Waals surface area contributed by atoms with Crippen LogP contribution in [0.3, 0.4) is 0 Å². The van der Waals surface area contributed by atoms with Crippen LogP contribution in [-0.4, -0.2) is 66.7 Å². The molecule has 1 amide bonds. The van der Waals surface area contributed by atoms with Gasteiger partial charge in [0.25, 0.3) is 0 Å². The lowest BCUT2D eigenvalue weighted by Gasteiger charge is -2.38. The lowest BCUT2D eigenvalue weighted by Crippen LogP contribution is -2.55. The minimum Gasteiger partial charge on any atom is -0.360 e. The molecule has 0 radical (unpaired) electrons. The maximum absolute atomic E-state index is 12.8. The number of rotatable bonds is 11. The molecule has 1 atom stereocenters. The largest absolute Gasteiger partial charge is 0.360 e. The summed E-state index contributed by atoms with van der Waals surface area (Å²) in [6, 6.07) is 1.40. The van der Waals surface area contributed by atoms with Gasteiger partial charge in [-0.2, -0.15) is 4.31 Å². The molecule has 0 aliphatic carbocycles. The van der Waals surface area contributed by atoms with Gasteiger partial charge in [-0.1, -0.05) is 44.7 Å². The normalized spacial score (nSPS) is 17.5. The van der Waals surface area contributed by atoms with E-state index in [1.54, 1.807) is 17.3 Å². The van der Waals surface area contributed by atoms with E-state index in [4.69, 9.17) is 4.52 Å². The van der Waals surface area contributed by atoms with Crippen molar-refractivity contribution < 1.29 is 17.7 Å². The molecule has 8 nitrogen and oxygen atoms in total. The maximum Gasteiger partial charge on any atom is 0.242 e. The highest BCUT2D eigenvalue weighted by molar-refractivity contribution is 7.89. The van der Waals surface area contributed by atoms with E-state index in [2.05, 4.69) is 29.2 Å². The van der Waals surface area contributed by atoms with Gasteiger partial charge in [-0.25, -0.2) is 8.42 Å². The Bertz CT molecular complexity index is 711. The SMILES string of the molecule is CCCCCS(=O)(=O)N1CCN(C(CCCC)C(=O)Nc2cc(C)on2)CC1. The minimum atomic E-state index is -3.20. The highest BCUT2D eigenvalue weighted by Crippen LogP contribution is 2.18. The van der Waals surface area contributed by atoms with Crippen LogP contribution in [0.5, 0.6) is 0 Å². The van der Waals surface area contributed by atoms with Gasteiger partial charge in [-0.15, -0.1) is 0 Å². The van der Waals surface area contributed by atoms with E-state index in [1.165, 1.54) is 0 Å². The Kier molecular flexibility index (Phi) is 8.91. The molecule has 1 aliphatic heterocycles. The van der Waals surface area contributed by atoms with Gasteiger partial charge < -0.3 is 9.84 Å². The summed E-state index contributed by atoms with van der Waals surface area (Å²) in [6.45, 7) is 7.93. The van der Waals surface area contributed by atoms with Crippen LogP contribution in [0.2, 0.25) is 0 Å². The first kappa shape index (κ1) is 22.8. The molecule has 0 saturated carbocycles. The average molecular weight is 415 g/mol. The second-order valence-corrected chi connectivity index (χ2v) is 9.52. The molecule has 28 heavy (non-hydrogen) atoms. The Morgan fingerprint density at radius 1 is 1.18 bits per heavy atom. The van der Waals surface area contributed by atoms with E-state index in [-0.39, 0.29) is 17.7 Å². The number of hydrogen-bond acceptors (Lipinski definition) is 6. The first-order valence-corrected chi connectivity index (χ1v) is 11.9. The molecule has 0 aromatic carbocycles. The topological polar surface area (TPSA) is 95.8 Å². The highest BCUT2D eigenvalue weighted by Gasteiger charge is 2.32. The zero-order valence-corrected chi connectivity index (χ0v) is 18.1. The van der Waals surface area contributed by atoms with Crippen molar-refractivity contribution in [1.29, 1.82) is 0 Å². The quantitative estimate of drug-likeness (QED) is 0.559. The molecule has 9 heteroatoms. The van der Waals surface area contributed by atoms with Crippen molar-refractivity contribution >= 4 is 21.7 Å². The predicted octanol–water partition coefficient (Wildman–Crippen LogP) is 2.62. The predicted molar refractivity (Wildman–Crippen MR) is 110 cm³/mol. The summed E-state index contributed by atoms with van der Waals surface area (Å²) < 4.78 is 31.6. The number of nitrogens with one attached hydrogen (secondary N) is 1. The molecule has 1 saturated heterocycles. The van der Waals surface area contributed by atoms with Gasteiger partial charge in [0.2, 0.25) is 15.9 Å². The zero-order valence-electron chi connectivity index (χ0n) is 17.3. The van der Waals surface area contributed by atoms with Crippen molar-refractivity contribution in [2.24, 2.45) is 0 Å². The van der Waals surface area contributed by atoms with Gasteiger partial charge in [0.1, 0.15) is 5.76 Å². The van der Waals surface area contributed by atoms with Gasteiger partial charge in [0.15, 0.2) is 5.82 Å². The summed E-state index contributed by atoms with van der Waals surface area (Å²) in [5.74, 6) is 1.16. The smallest absolute Gasteiger partial charge is 0.242 e. The standard InChI is InChI=1S/C19H34N4O4S/c1-4-6-8-14-28(25,26)23-12-10-22(11-13-23)17(9-7-5-2)19(24)20-18-15-16(3)27-21-18/h15,17H,4-14H2,1-3H3,(H,20,21,24). The van der Waals surface area contributed by atoms with Crippen molar-refractivity contribution in [2.75, 3.05) is 37.2 Å². The van der Waals surface area contributed by atoms with Crippen molar-refractivity contribution in [3.8, 4) is 0 Å². The summed E-state index contributed by atoms with van der Waals surface area (Å²) in [7, 11) is -3.20. The van der Waals surface area contributed by atoms with Crippen molar-refractivity contribution in [1.82, 2.24) is 14.4 Å². The number of unbranched alkanes of at least 4 members (excludes halogenated alkanes) is 3. The third-order valence-electron chi connectivity index (χ3n) is 5.13. The summed E-state index contributed by atoms with van der Waals surface area (Å²) in [4.78, 5) is 14.9. The minimum absolute atomic E-state index is 0.110. The highest BCUT2D eigenvalue weighted by atomic mass is 32.2. The monoisotopic (exact) mass is 414 g/mol. The van der Waals surface area contributed by atoms with Crippen molar-refractivity contribution in [3.05, 3.63) is 11.8 Å². The Labute approximate surface area is 168 Å². The summed E-state index contributed by atoms with van der Waals surface area (Å²) >= 11 is 0. The Morgan fingerprint density at radius 2 is 1.86 bits per heavy atom. The number of anilines is 1. The van der Waals surface area contributed by atoms with Gasteiger partial charge in [0.05, 0.1) is 11.8 Å². The number of carbonyl (C=O) groups is 1. The molecule has 1 unspecified atom stereocenters. The van der Waals surface area contributed by atoms with E-state index in [1.807, 2.05) is 0 Å². The van der Waals surface area contributed by atoms with E-state index >= 15 is 0 Å². The molecule has 1 aliphatic rings. The molecule has 1 N–H and O–H groups in total. The van der Waals surface area contributed by atoms with Crippen LogP contribution in [-0.2, 0) is 14.8 Å². The molecular weight excluding hydrogens is 380 g/mol. The van der Waals surface area contributed by atoms with Gasteiger partial charge in [0, 0.05) is 32.2 Å². The maximum atomic E-state index is 12.8. The first-order chi connectivity index (χ1) is 13.4. The van der Waals surface area contributed by atoms with E-state index in [9.17, 15) is 13.2 Å². The van der Waals surface area contributed by atoms with E-state index in [0.717, 1.165) is 32.1 Å². The number of aromatic nitrogens is 1. The van der Waals surface area contributed by atoms with E-state index in [0.29, 0.717) is 44.2 Å². The van der Waals surface area contributed by atoms with Crippen molar-refractivity contribution in [2.45, 2.75) is 65.3 Å². The van der Waals surface area contributed by atoms with Gasteiger partial charge >= 0.3 is 0 Å². The number of hydrogen-bond donors (Lipinski definition) is 1. The molecule has 1 fully saturated rings. The van der Waals surface area contributed by atoms with Crippen LogP contribution in [0.4, 0.5) is 5.82 Å². The molecule has 160 valence electrons. The lowest BCUT2D eigenvalue weighted by molar-refractivity contribution is -0.122. The fraction of sp³-hybridized carbons (Fsp3) is 0.789. The van der Waals surface area contributed by atoms with Gasteiger partial charge in [-0.05, 0) is 19.8 Å². The molecule has 1 aromatic heterocycles. The van der Waals surface area contributed by atoms with Crippen LogP contribution in [0.25, 0.3) is 0 Å². The third-order valence-corrected chi connectivity index (χ3v) is 7.08.